The Labute approximate surface area is 182 Å². The standard InChI is InChI=1S/C26H25N3O2/c1-19-7-6-10-22(17-19)29-25(26(30)27-16-15-20-8-4-3-5-9-20)18-24(28-29)21-11-13-23(31-2)14-12-21/h3-14,17-18H,15-16H2,1-2H3,(H,27,30). The Morgan fingerprint density at radius 3 is 2.45 bits per heavy atom. The van der Waals surface area contributed by atoms with Crippen molar-refractivity contribution in [1.29, 1.82) is 0 Å². The maximum atomic E-state index is 13.1. The molecule has 0 atom stereocenters. The van der Waals surface area contributed by atoms with E-state index in [9.17, 15) is 4.79 Å². The number of carbonyl (C=O) groups excluding carboxylic acids is 1. The molecule has 4 rings (SSSR count). The van der Waals surface area contributed by atoms with Crippen molar-refractivity contribution in [3.8, 4) is 22.7 Å². The molecular formula is C26H25N3O2. The molecule has 5 heteroatoms. The number of ether oxygens (including phenoxy) is 1. The Balaban J connectivity index is 1.62. The Kier molecular flexibility index (Phi) is 6.13. The minimum Gasteiger partial charge on any atom is -0.497 e. The zero-order valence-electron chi connectivity index (χ0n) is 17.7. The van der Waals surface area contributed by atoms with Crippen molar-refractivity contribution >= 4 is 5.91 Å². The van der Waals surface area contributed by atoms with Gasteiger partial charge in [0.2, 0.25) is 0 Å². The molecular weight excluding hydrogens is 386 g/mol. The van der Waals surface area contributed by atoms with Crippen LogP contribution in [0.2, 0.25) is 0 Å². The van der Waals surface area contributed by atoms with E-state index in [-0.39, 0.29) is 5.91 Å². The van der Waals surface area contributed by atoms with Gasteiger partial charge in [0.05, 0.1) is 18.5 Å². The summed E-state index contributed by atoms with van der Waals surface area (Å²) < 4.78 is 6.96. The highest BCUT2D eigenvalue weighted by Crippen LogP contribution is 2.24. The molecule has 0 bridgehead atoms. The Bertz CT molecular complexity index is 1160. The zero-order chi connectivity index (χ0) is 21.6. The van der Waals surface area contributed by atoms with Gasteiger partial charge in [-0.3, -0.25) is 4.79 Å². The van der Waals surface area contributed by atoms with Gasteiger partial charge in [0.15, 0.2) is 0 Å². The van der Waals surface area contributed by atoms with Crippen LogP contribution in [0.5, 0.6) is 5.75 Å². The Morgan fingerprint density at radius 1 is 0.968 bits per heavy atom. The lowest BCUT2D eigenvalue weighted by molar-refractivity contribution is 0.0946. The maximum Gasteiger partial charge on any atom is 0.270 e. The van der Waals surface area contributed by atoms with Crippen LogP contribution in [0.3, 0.4) is 0 Å². The first-order valence-corrected chi connectivity index (χ1v) is 10.3. The highest BCUT2D eigenvalue weighted by Gasteiger charge is 2.17. The number of benzene rings is 3. The molecule has 5 nitrogen and oxygen atoms in total. The largest absolute Gasteiger partial charge is 0.497 e. The van der Waals surface area contributed by atoms with Gasteiger partial charge in [-0.25, -0.2) is 4.68 Å². The topological polar surface area (TPSA) is 56.1 Å². The minimum atomic E-state index is -0.148. The third-order valence-electron chi connectivity index (χ3n) is 5.12. The van der Waals surface area contributed by atoms with E-state index >= 15 is 0 Å². The van der Waals surface area contributed by atoms with Crippen LogP contribution in [-0.4, -0.2) is 29.3 Å². The lowest BCUT2D eigenvalue weighted by Crippen LogP contribution is -2.27. The van der Waals surface area contributed by atoms with Crippen molar-refractivity contribution in [3.63, 3.8) is 0 Å². The molecule has 0 radical (unpaired) electrons. The number of methoxy groups -OCH3 is 1. The van der Waals surface area contributed by atoms with E-state index in [2.05, 4.69) is 17.4 Å². The smallest absolute Gasteiger partial charge is 0.270 e. The molecule has 0 fully saturated rings. The van der Waals surface area contributed by atoms with Gasteiger partial charge in [-0.1, -0.05) is 42.5 Å². The number of aromatic nitrogens is 2. The zero-order valence-corrected chi connectivity index (χ0v) is 17.7. The highest BCUT2D eigenvalue weighted by atomic mass is 16.5. The fourth-order valence-electron chi connectivity index (χ4n) is 3.46. The molecule has 1 heterocycles. The number of rotatable bonds is 7. The molecule has 0 spiro atoms. The second-order valence-electron chi connectivity index (χ2n) is 7.39. The molecule has 0 saturated heterocycles. The molecule has 31 heavy (non-hydrogen) atoms. The summed E-state index contributed by atoms with van der Waals surface area (Å²) >= 11 is 0. The van der Waals surface area contributed by atoms with Crippen molar-refractivity contribution in [1.82, 2.24) is 15.1 Å². The van der Waals surface area contributed by atoms with Gasteiger partial charge < -0.3 is 10.1 Å². The molecule has 0 aliphatic rings. The number of carbonyl (C=O) groups is 1. The van der Waals surface area contributed by atoms with E-state index in [1.807, 2.05) is 79.7 Å². The predicted octanol–water partition coefficient (Wildman–Crippen LogP) is 4.83. The molecule has 1 aromatic heterocycles. The predicted molar refractivity (Wildman–Crippen MR) is 123 cm³/mol. The van der Waals surface area contributed by atoms with Gasteiger partial charge in [-0.15, -0.1) is 0 Å². The number of hydrogen-bond donors (Lipinski definition) is 1. The fourth-order valence-corrected chi connectivity index (χ4v) is 3.46. The fraction of sp³-hybridized carbons (Fsp3) is 0.154. The summed E-state index contributed by atoms with van der Waals surface area (Å²) in [7, 11) is 1.64. The first kappa shape index (κ1) is 20.4. The van der Waals surface area contributed by atoms with E-state index in [0.717, 1.165) is 34.7 Å². The minimum absolute atomic E-state index is 0.148. The van der Waals surface area contributed by atoms with Crippen molar-refractivity contribution in [3.05, 3.63) is 102 Å². The maximum absolute atomic E-state index is 13.1. The quantitative estimate of drug-likeness (QED) is 0.474. The molecule has 4 aromatic rings. The van der Waals surface area contributed by atoms with E-state index in [1.165, 1.54) is 5.56 Å². The van der Waals surface area contributed by atoms with Crippen molar-refractivity contribution in [2.75, 3.05) is 13.7 Å². The molecule has 1 amide bonds. The van der Waals surface area contributed by atoms with E-state index in [4.69, 9.17) is 9.84 Å². The number of nitrogens with one attached hydrogen (secondary N) is 1. The lowest BCUT2D eigenvalue weighted by atomic mass is 10.1. The van der Waals surface area contributed by atoms with Crippen LogP contribution in [0.25, 0.3) is 16.9 Å². The molecule has 156 valence electrons. The molecule has 0 aliphatic heterocycles. The first-order valence-electron chi connectivity index (χ1n) is 10.3. The van der Waals surface area contributed by atoms with Crippen LogP contribution in [0.15, 0.2) is 84.9 Å². The van der Waals surface area contributed by atoms with Gasteiger partial charge in [0.25, 0.3) is 5.91 Å². The van der Waals surface area contributed by atoms with Gasteiger partial charge in [-0.2, -0.15) is 5.10 Å². The third kappa shape index (κ3) is 4.83. The third-order valence-corrected chi connectivity index (χ3v) is 5.12. The van der Waals surface area contributed by atoms with Gasteiger partial charge in [-0.05, 0) is 66.9 Å². The average molecular weight is 412 g/mol. The van der Waals surface area contributed by atoms with E-state index in [1.54, 1.807) is 11.8 Å². The molecule has 0 unspecified atom stereocenters. The summed E-state index contributed by atoms with van der Waals surface area (Å²) in [4.78, 5) is 13.1. The summed E-state index contributed by atoms with van der Waals surface area (Å²) in [5, 5.41) is 7.79. The monoisotopic (exact) mass is 411 g/mol. The normalized spacial score (nSPS) is 10.6. The van der Waals surface area contributed by atoms with Gasteiger partial charge in [0, 0.05) is 12.1 Å². The summed E-state index contributed by atoms with van der Waals surface area (Å²) in [5.74, 6) is 0.630. The van der Waals surface area contributed by atoms with Crippen LogP contribution >= 0.6 is 0 Å². The second kappa shape index (κ2) is 9.30. The first-order chi connectivity index (χ1) is 15.1. The lowest BCUT2D eigenvalue weighted by Gasteiger charge is -2.09. The van der Waals surface area contributed by atoms with Crippen LogP contribution in [-0.2, 0) is 6.42 Å². The van der Waals surface area contributed by atoms with Crippen molar-refractivity contribution < 1.29 is 9.53 Å². The summed E-state index contributed by atoms with van der Waals surface area (Å²) in [6.07, 6.45) is 0.774. The SMILES string of the molecule is COc1ccc(-c2cc(C(=O)NCCc3ccccc3)n(-c3cccc(C)c3)n2)cc1. The highest BCUT2D eigenvalue weighted by molar-refractivity contribution is 5.94. The second-order valence-corrected chi connectivity index (χ2v) is 7.39. The summed E-state index contributed by atoms with van der Waals surface area (Å²) in [6.45, 7) is 2.58. The summed E-state index contributed by atoms with van der Waals surface area (Å²) in [6, 6.07) is 27.6. The van der Waals surface area contributed by atoms with Crippen molar-refractivity contribution in [2.45, 2.75) is 13.3 Å². The number of nitrogens with zero attached hydrogens (tertiary/aromatic N) is 2. The van der Waals surface area contributed by atoms with Crippen LogP contribution in [0.1, 0.15) is 21.6 Å². The van der Waals surface area contributed by atoms with Gasteiger partial charge >= 0.3 is 0 Å². The van der Waals surface area contributed by atoms with Crippen LogP contribution < -0.4 is 10.1 Å². The molecule has 3 aromatic carbocycles. The van der Waals surface area contributed by atoms with E-state index in [0.29, 0.717) is 12.2 Å². The molecule has 1 N–H and O–H groups in total. The number of aryl methyl sites for hydroxylation is 1. The van der Waals surface area contributed by atoms with E-state index < -0.39 is 0 Å². The van der Waals surface area contributed by atoms with Crippen molar-refractivity contribution in [2.24, 2.45) is 0 Å². The van der Waals surface area contributed by atoms with Gasteiger partial charge in [0.1, 0.15) is 11.4 Å². The van der Waals surface area contributed by atoms with Crippen LogP contribution in [0.4, 0.5) is 0 Å². The molecule has 0 saturated carbocycles. The van der Waals surface area contributed by atoms with Crippen LogP contribution in [0, 0.1) is 6.92 Å². The molecule has 0 aliphatic carbocycles. The average Bonchev–Trinajstić information content (AvgIpc) is 3.25. The summed E-state index contributed by atoms with van der Waals surface area (Å²) in [5.41, 5.74) is 5.31. The Morgan fingerprint density at radius 2 is 1.74 bits per heavy atom. The number of amides is 1. The number of hydrogen-bond acceptors (Lipinski definition) is 3. The Hall–Kier alpha value is -3.86.